The van der Waals surface area contributed by atoms with Gasteiger partial charge in [0.15, 0.2) is 5.16 Å². The highest BCUT2D eigenvalue weighted by atomic mass is 32.2. The van der Waals surface area contributed by atoms with E-state index >= 15 is 0 Å². The van der Waals surface area contributed by atoms with Gasteiger partial charge in [0.05, 0.1) is 23.8 Å². The molecule has 6 nitrogen and oxygen atoms in total. The van der Waals surface area contributed by atoms with E-state index in [4.69, 9.17) is 9.72 Å². The van der Waals surface area contributed by atoms with E-state index in [1.165, 1.54) is 22.2 Å². The molecule has 8 heteroatoms. The van der Waals surface area contributed by atoms with Gasteiger partial charge in [-0.3, -0.25) is 14.2 Å². The molecule has 0 bridgehead atoms. The number of aryl methyl sites for hydroxylation is 1. The number of nitrogens with zero attached hydrogens (tertiary/aromatic N) is 2. The van der Waals surface area contributed by atoms with E-state index in [0.717, 1.165) is 61.8 Å². The van der Waals surface area contributed by atoms with Crippen LogP contribution < -0.4 is 10.9 Å². The van der Waals surface area contributed by atoms with Crippen molar-refractivity contribution in [2.24, 2.45) is 5.92 Å². The second-order valence-corrected chi connectivity index (χ2v) is 11.0. The van der Waals surface area contributed by atoms with Crippen molar-refractivity contribution < 1.29 is 9.53 Å². The molecule has 3 atom stereocenters. The van der Waals surface area contributed by atoms with Crippen molar-refractivity contribution in [3.05, 3.63) is 20.8 Å². The molecule has 2 aliphatic rings. The molecule has 1 aliphatic carbocycles. The number of hydrogen-bond donors (Lipinski definition) is 1. The van der Waals surface area contributed by atoms with E-state index in [1.54, 1.807) is 15.9 Å². The lowest BCUT2D eigenvalue weighted by Crippen LogP contribution is -2.34. The van der Waals surface area contributed by atoms with Crippen molar-refractivity contribution in [3.63, 3.8) is 0 Å². The van der Waals surface area contributed by atoms with Crippen LogP contribution in [-0.2, 0) is 28.9 Å². The van der Waals surface area contributed by atoms with Crippen molar-refractivity contribution in [2.45, 2.75) is 89.6 Å². The third kappa shape index (κ3) is 5.17. The number of hydrogen-bond acceptors (Lipinski definition) is 6. The smallest absolute Gasteiger partial charge is 0.263 e. The summed E-state index contributed by atoms with van der Waals surface area (Å²) in [6, 6.07) is 0.161. The molecule has 1 N–H and O–H groups in total. The van der Waals surface area contributed by atoms with E-state index in [0.29, 0.717) is 17.6 Å². The van der Waals surface area contributed by atoms with Gasteiger partial charge in [-0.1, -0.05) is 32.0 Å². The van der Waals surface area contributed by atoms with Crippen LogP contribution in [0.2, 0.25) is 0 Å². The van der Waals surface area contributed by atoms with Crippen LogP contribution in [-0.4, -0.2) is 40.0 Å². The summed E-state index contributed by atoms with van der Waals surface area (Å²) in [5, 5.41) is 4.48. The zero-order valence-corrected chi connectivity index (χ0v) is 20.4. The second kappa shape index (κ2) is 10.0. The summed E-state index contributed by atoms with van der Waals surface area (Å²) in [5.41, 5.74) is 1.24. The minimum Gasteiger partial charge on any atom is -0.376 e. The number of carbonyl (C=O) groups excluding carboxylic acids is 1. The molecule has 0 radical (unpaired) electrons. The molecule has 2 aromatic rings. The molecular weight excluding hydrogens is 430 g/mol. The summed E-state index contributed by atoms with van der Waals surface area (Å²) >= 11 is 3.03. The summed E-state index contributed by atoms with van der Waals surface area (Å²) in [6.45, 7) is 7.68. The summed E-state index contributed by atoms with van der Waals surface area (Å²) in [7, 11) is 0. The second-order valence-electron chi connectivity index (χ2n) is 9.02. The first-order valence-electron chi connectivity index (χ1n) is 11.5. The number of amides is 1. The Labute approximate surface area is 192 Å². The van der Waals surface area contributed by atoms with Gasteiger partial charge in [0.1, 0.15) is 4.83 Å². The van der Waals surface area contributed by atoms with Gasteiger partial charge in [-0.15, -0.1) is 11.3 Å². The first-order valence-corrected chi connectivity index (χ1v) is 13.3. The van der Waals surface area contributed by atoms with Gasteiger partial charge in [-0.05, 0) is 56.9 Å². The number of thiophene rings is 1. The summed E-state index contributed by atoms with van der Waals surface area (Å²) < 4.78 is 7.59. The molecule has 1 fully saturated rings. The maximum atomic E-state index is 13.6. The molecule has 2 aromatic heterocycles. The van der Waals surface area contributed by atoms with Crippen LogP contribution in [0.5, 0.6) is 0 Å². The lowest BCUT2D eigenvalue weighted by Gasteiger charge is -2.18. The minimum absolute atomic E-state index is 0.0109. The Kier molecular flexibility index (Phi) is 7.39. The average molecular weight is 464 g/mol. The van der Waals surface area contributed by atoms with Crippen LogP contribution in [0.4, 0.5) is 0 Å². The normalized spacial score (nSPS) is 21.9. The van der Waals surface area contributed by atoms with Crippen LogP contribution >= 0.6 is 23.1 Å². The third-order valence-corrected chi connectivity index (χ3v) is 8.38. The zero-order chi connectivity index (χ0) is 22.0. The van der Waals surface area contributed by atoms with Gasteiger partial charge in [0.2, 0.25) is 5.91 Å². The van der Waals surface area contributed by atoms with Crippen LogP contribution in [0.15, 0.2) is 9.95 Å². The van der Waals surface area contributed by atoms with Crippen molar-refractivity contribution >= 4 is 39.2 Å². The van der Waals surface area contributed by atoms with E-state index < -0.39 is 0 Å². The average Bonchev–Trinajstić information content (AvgIpc) is 3.35. The highest BCUT2D eigenvalue weighted by Gasteiger charge is 2.26. The van der Waals surface area contributed by atoms with Gasteiger partial charge in [-0.2, -0.15) is 0 Å². The molecule has 170 valence electrons. The van der Waals surface area contributed by atoms with Gasteiger partial charge >= 0.3 is 0 Å². The molecule has 0 aromatic carbocycles. The molecule has 3 heterocycles. The molecular formula is C23H33N3O3S2. The first kappa shape index (κ1) is 22.8. The minimum atomic E-state index is -0.0109. The largest absolute Gasteiger partial charge is 0.376 e. The highest BCUT2D eigenvalue weighted by molar-refractivity contribution is 7.99. The first-order chi connectivity index (χ1) is 15.0. The molecule has 4 rings (SSSR count). The number of carbonyl (C=O) groups is 1. The van der Waals surface area contributed by atoms with Gasteiger partial charge in [0, 0.05) is 17.5 Å². The standard InChI is InChI=1S/C23H33N3O3S2/c1-4-6-15(3)24-19(27)13-30-23-25-21-20(17-9-8-14(2)11-18(17)31-21)22(28)26(23)12-16-7-5-10-29-16/h14-16H,4-13H2,1-3H3,(H,24,27). The molecule has 1 aliphatic heterocycles. The topological polar surface area (TPSA) is 73.2 Å². The van der Waals surface area contributed by atoms with Crippen LogP contribution in [0.1, 0.15) is 63.3 Å². The van der Waals surface area contributed by atoms with E-state index in [-0.39, 0.29) is 29.4 Å². The Bertz CT molecular complexity index is 994. The summed E-state index contributed by atoms with van der Waals surface area (Å²) in [6.07, 6.45) is 7.14. The van der Waals surface area contributed by atoms with Crippen LogP contribution in [0.3, 0.4) is 0 Å². The Morgan fingerprint density at radius 2 is 2.26 bits per heavy atom. The molecule has 0 saturated carbocycles. The lowest BCUT2D eigenvalue weighted by atomic mass is 9.89. The third-order valence-electron chi connectivity index (χ3n) is 6.25. The predicted molar refractivity (Wildman–Crippen MR) is 127 cm³/mol. The summed E-state index contributed by atoms with van der Waals surface area (Å²) in [5.74, 6) is 0.903. The van der Waals surface area contributed by atoms with Crippen molar-refractivity contribution in [2.75, 3.05) is 12.4 Å². The maximum absolute atomic E-state index is 13.6. The van der Waals surface area contributed by atoms with E-state index in [9.17, 15) is 9.59 Å². The lowest BCUT2D eigenvalue weighted by molar-refractivity contribution is -0.119. The maximum Gasteiger partial charge on any atom is 0.263 e. The number of aromatic nitrogens is 2. The Hall–Kier alpha value is -1.38. The fourth-order valence-electron chi connectivity index (χ4n) is 4.62. The zero-order valence-electron chi connectivity index (χ0n) is 18.7. The SMILES string of the molecule is CCCC(C)NC(=O)CSc1nc2sc3c(c2c(=O)n1CC1CCCO1)CCC(C)C3. The number of ether oxygens (including phenoxy) is 1. The Morgan fingerprint density at radius 1 is 1.42 bits per heavy atom. The van der Waals surface area contributed by atoms with E-state index in [1.807, 2.05) is 6.92 Å². The number of fused-ring (bicyclic) bond motifs is 3. The van der Waals surface area contributed by atoms with Crippen LogP contribution in [0, 0.1) is 5.92 Å². The molecule has 1 amide bonds. The van der Waals surface area contributed by atoms with Gasteiger partial charge < -0.3 is 10.1 Å². The number of rotatable bonds is 8. The highest BCUT2D eigenvalue weighted by Crippen LogP contribution is 2.36. The van der Waals surface area contributed by atoms with Crippen molar-refractivity contribution in [1.82, 2.24) is 14.9 Å². The Morgan fingerprint density at radius 3 is 3.00 bits per heavy atom. The quantitative estimate of drug-likeness (QED) is 0.470. The molecule has 0 spiro atoms. The van der Waals surface area contributed by atoms with E-state index in [2.05, 4.69) is 19.2 Å². The van der Waals surface area contributed by atoms with Crippen LogP contribution in [0.25, 0.3) is 10.2 Å². The predicted octanol–water partition coefficient (Wildman–Crippen LogP) is 4.16. The monoisotopic (exact) mass is 463 g/mol. The molecule has 31 heavy (non-hydrogen) atoms. The fourth-order valence-corrected chi connectivity index (χ4v) is 6.86. The van der Waals surface area contributed by atoms with Crippen molar-refractivity contribution in [3.8, 4) is 0 Å². The molecule has 3 unspecified atom stereocenters. The number of thioether (sulfide) groups is 1. The van der Waals surface area contributed by atoms with Gasteiger partial charge in [-0.25, -0.2) is 4.98 Å². The van der Waals surface area contributed by atoms with Gasteiger partial charge in [0.25, 0.3) is 5.56 Å². The Balaban J connectivity index is 1.64. The fraction of sp³-hybridized carbons (Fsp3) is 0.696. The summed E-state index contributed by atoms with van der Waals surface area (Å²) in [4.78, 5) is 33.1. The van der Waals surface area contributed by atoms with Crippen molar-refractivity contribution in [1.29, 1.82) is 0 Å². The molecule has 1 saturated heterocycles. The number of nitrogens with one attached hydrogen (secondary N) is 1.